The number of likely N-dealkylation sites (tertiary alicyclic amines) is 1. The zero-order valence-corrected chi connectivity index (χ0v) is 12.4. The average Bonchev–Trinajstić information content (AvgIpc) is 2.38. The van der Waals surface area contributed by atoms with Crippen molar-refractivity contribution in [2.45, 2.75) is 45.2 Å². The fourth-order valence-corrected chi connectivity index (χ4v) is 2.98. The molecule has 104 valence electrons. The van der Waals surface area contributed by atoms with Crippen LogP contribution in [0.5, 0.6) is 5.75 Å². The molecule has 0 saturated carbocycles. The van der Waals surface area contributed by atoms with Crippen LogP contribution >= 0.6 is 11.6 Å². The number of halogens is 1. The Labute approximate surface area is 119 Å². The number of nitrogens with zero attached hydrogens (tertiary/aromatic N) is 1. The van der Waals surface area contributed by atoms with E-state index in [2.05, 4.69) is 13.8 Å². The Morgan fingerprint density at radius 1 is 1.32 bits per heavy atom. The van der Waals surface area contributed by atoms with E-state index in [0.717, 1.165) is 12.8 Å². The number of benzene rings is 1. The second kappa shape index (κ2) is 5.83. The summed E-state index contributed by atoms with van der Waals surface area (Å²) >= 11 is 6.00. The van der Waals surface area contributed by atoms with Crippen LogP contribution in [0.15, 0.2) is 18.2 Å². The normalized spacial score (nSPS) is 23.3. The average molecular weight is 282 g/mol. The van der Waals surface area contributed by atoms with Crippen LogP contribution in [0.3, 0.4) is 0 Å². The fraction of sp³-hybridized carbons (Fsp3) is 0.533. The molecule has 1 aliphatic heterocycles. The molecule has 4 heteroatoms. The number of piperidine rings is 1. The molecule has 0 N–H and O–H groups in total. The lowest BCUT2D eigenvalue weighted by molar-refractivity contribution is 0.0507. The summed E-state index contributed by atoms with van der Waals surface area (Å²) in [5, 5.41) is 0.557. The van der Waals surface area contributed by atoms with Crippen molar-refractivity contribution in [1.82, 2.24) is 4.90 Å². The van der Waals surface area contributed by atoms with E-state index in [4.69, 9.17) is 16.3 Å². The second-order valence-electron chi connectivity index (χ2n) is 5.19. The third-order valence-electron chi connectivity index (χ3n) is 3.82. The standard InChI is InChI=1S/C15H20ClNO2/c1-10-5-4-6-11(2)17(10)15(18)13-9-12(16)7-8-14(13)19-3/h7-11H,4-6H2,1-3H3/t10-,11+. The first-order chi connectivity index (χ1) is 9.04. The first-order valence-electron chi connectivity index (χ1n) is 6.70. The van der Waals surface area contributed by atoms with Crippen LogP contribution in [-0.4, -0.2) is 30.0 Å². The minimum absolute atomic E-state index is 0.0130. The van der Waals surface area contributed by atoms with E-state index in [0.29, 0.717) is 16.3 Å². The summed E-state index contributed by atoms with van der Waals surface area (Å²) in [6.07, 6.45) is 3.29. The smallest absolute Gasteiger partial charge is 0.258 e. The van der Waals surface area contributed by atoms with Gasteiger partial charge in [-0.2, -0.15) is 0 Å². The molecule has 0 unspecified atom stereocenters. The Bertz CT molecular complexity index is 465. The Kier molecular flexibility index (Phi) is 4.35. The van der Waals surface area contributed by atoms with Gasteiger partial charge in [0, 0.05) is 17.1 Å². The lowest BCUT2D eigenvalue weighted by Crippen LogP contribution is -2.47. The molecule has 2 atom stereocenters. The third kappa shape index (κ3) is 2.86. The van der Waals surface area contributed by atoms with E-state index in [1.165, 1.54) is 6.42 Å². The Balaban J connectivity index is 2.35. The number of carbonyl (C=O) groups excluding carboxylic acids is 1. The van der Waals surface area contributed by atoms with Gasteiger partial charge in [-0.1, -0.05) is 11.6 Å². The zero-order valence-electron chi connectivity index (χ0n) is 11.6. The predicted octanol–water partition coefficient (Wildman–Crippen LogP) is 3.75. The maximum atomic E-state index is 12.7. The van der Waals surface area contributed by atoms with Crippen molar-refractivity contribution in [3.8, 4) is 5.75 Å². The molecule has 0 spiro atoms. The summed E-state index contributed by atoms with van der Waals surface area (Å²) < 4.78 is 5.28. The number of ether oxygens (including phenoxy) is 1. The van der Waals surface area contributed by atoms with Gasteiger partial charge < -0.3 is 9.64 Å². The van der Waals surface area contributed by atoms with Crippen LogP contribution in [0, 0.1) is 0 Å². The quantitative estimate of drug-likeness (QED) is 0.826. The maximum absolute atomic E-state index is 12.7. The Hall–Kier alpha value is -1.22. The fourth-order valence-electron chi connectivity index (χ4n) is 2.81. The molecule has 19 heavy (non-hydrogen) atoms. The number of methoxy groups -OCH3 is 1. The lowest BCUT2D eigenvalue weighted by atomic mass is 9.96. The molecular weight excluding hydrogens is 262 g/mol. The van der Waals surface area contributed by atoms with Crippen LogP contribution in [0.25, 0.3) is 0 Å². The van der Waals surface area contributed by atoms with Gasteiger partial charge >= 0.3 is 0 Å². The van der Waals surface area contributed by atoms with Crippen LogP contribution in [-0.2, 0) is 0 Å². The number of amides is 1. The minimum atomic E-state index is 0.0130. The van der Waals surface area contributed by atoms with E-state index in [-0.39, 0.29) is 18.0 Å². The summed E-state index contributed by atoms with van der Waals surface area (Å²) in [7, 11) is 1.57. The maximum Gasteiger partial charge on any atom is 0.258 e. The molecular formula is C15H20ClNO2. The number of carbonyl (C=O) groups is 1. The summed E-state index contributed by atoms with van der Waals surface area (Å²) in [5.74, 6) is 0.596. The highest BCUT2D eigenvalue weighted by atomic mass is 35.5. The summed E-state index contributed by atoms with van der Waals surface area (Å²) in [6, 6.07) is 5.70. The van der Waals surface area contributed by atoms with Gasteiger partial charge in [-0.05, 0) is 51.3 Å². The molecule has 1 aliphatic rings. The van der Waals surface area contributed by atoms with Gasteiger partial charge in [0.2, 0.25) is 0 Å². The predicted molar refractivity (Wildman–Crippen MR) is 76.9 cm³/mol. The number of hydrogen-bond donors (Lipinski definition) is 0. The second-order valence-corrected chi connectivity index (χ2v) is 5.62. The SMILES string of the molecule is COc1ccc(Cl)cc1C(=O)N1[C@H](C)CCC[C@@H]1C. The highest BCUT2D eigenvalue weighted by molar-refractivity contribution is 6.31. The first kappa shape index (κ1) is 14.2. The molecule has 1 aromatic carbocycles. The largest absolute Gasteiger partial charge is 0.496 e. The van der Waals surface area contributed by atoms with E-state index >= 15 is 0 Å². The van der Waals surface area contributed by atoms with Gasteiger partial charge in [-0.3, -0.25) is 4.79 Å². The number of rotatable bonds is 2. The van der Waals surface area contributed by atoms with Gasteiger partial charge in [0.1, 0.15) is 5.75 Å². The van der Waals surface area contributed by atoms with E-state index in [1.807, 2.05) is 4.90 Å². The van der Waals surface area contributed by atoms with E-state index in [9.17, 15) is 4.79 Å². The molecule has 0 aromatic heterocycles. The van der Waals surface area contributed by atoms with E-state index in [1.54, 1.807) is 25.3 Å². The molecule has 0 aliphatic carbocycles. The Morgan fingerprint density at radius 2 is 1.95 bits per heavy atom. The lowest BCUT2D eigenvalue weighted by Gasteiger charge is -2.39. The summed E-state index contributed by atoms with van der Waals surface area (Å²) in [5.41, 5.74) is 0.551. The monoisotopic (exact) mass is 281 g/mol. The van der Waals surface area contributed by atoms with E-state index < -0.39 is 0 Å². The van der Waals surface area contributed by atoms with Gasteiger partial charge in [-0.25, -0.2) is 0 Å². The van der Waals surface area contributed by atoms with Crippen molar-refractivity contribution in [2.75, 3.05) is 7.11 Å². The molecule has 1 aromatic rings. The van der Waals surface area contributed by atoms with Gasteiger partial charge in [0.25, 0.3) is 5.91 Å². The van der Waals surface area contributed by atoms with Crippen molar-refractivity contribution in [3.63, 3.8) is 0 Å². The van der Waals surface area contributed by atoms with Crippen molar-refractivity contribution in [2.24, 2.45) is 0 Å². The first-order valence-corrected chi connectivity index (χ1v) is 7.08. The van der Waals surface area contributed by atoms with Crippen LogP contribution < -0.4 is 4.74 Å². The summed E-state index contributed by atoms with van der Waals surface area (Å²) in [6.45, 7) is 4.20. The highest BCUT2D eigenvalue weighted by Gasteiger charge is 2.31. The minimum Gasteiger partial charge on any atom is -0.496 e. The van der Waals surface area contributed by atoms with Gasteiger partial charge in [-0.15, -0.1) is 0 Å². The van der Waals surface area contributed by atoms with Crippen LogP contribution in [0.1, 0.15) is 43.5 Å². The molecule has 0 bridgehead atoms. The van der Waals surface area contributed by atoms with Crippen LogP contribution in [0.2, 0.25) is 5.02 Å². The van der Waals surface area contributed by atoms with Gasteiger partial charge in [0.05, 0.1) is 12.7 Å². The topological polar surface area (TPSA) is 29.5 Å². The van der Waals surface area contributed by atoms with Crippen LogP contribution in [0.4, 0.5) is 0 Å². The van der Waals surface area contributed by atoms with Crippen molar-refractivity contribution in [3.05, 3.63) is 28.8 Å². The Morgan fingerprint density at radius 3 is 2.53 bits per heavy atom. The highest BCUT2D eigenvalue weighted by Crippen LogP contribution is 2.29. The molecule has 3 nitrogen and oxygen atoms in total. The van der Waals surface area contributed by atoms with Crippen molar-refractivity contribution >= 4 is 17.5 Å². The third-order valence-corrected chi connectivity index (χ3v) is 4.06. The molecule has 0 radical (unpaired) electrons. The molecule has 1 amide bonds. The molecule has 1 saturated heterocycles. The zero-order chi connectivity index (χ0) is 14.0. The number of hydrogen-bond acceptors (Lipinski definition) is 2. The molecule has 2 rings (SSSR count). The molecule has 1 heterocycles. The molecule has 1 fully saturated rings. The van der Waals surface area contributed by atoms with Crippen molar-refractivity contribution in [1.29, 1.82) is 0 Å². The van der Waals surface area contributed by atoms with Gasteiger partial charge in [0.15, 0.2) is 0 Å². The van der Waals surface area contributed by atoms with Crippen molar-refractivity contribution < 1.29 is 9.53 Å². The summed E-state index contributed by atoms with van der Waals surface area (Å²) in [4.78, 5) is 14.7.